The molecule has 3 rings (SSSR count). The van der Waals surface area contributed by atoms with Crippen LogP contribution in [-0.2, 0) is 0 Å². The van der Waals surface area contributed by atoms with Gasteiger partial charge in [0.15, 0.2) is 0 Å². The summed E-state index contributed by atoms with van der Waals surface area (Å²) in [6.07, 6.45) is 0. The molecule has 0 aliphatic rings. The molecule has 0 bridgehead atoms. The Labute approximate surface area is 122 Å². The van der Waals surface area contributed by atoms with Crippen molar-refractivity contribution in [1.29, 1.82) is 0 Å². The van der Waals surface area contributed by atoms with E-state index in [4.69, 9.17) is 23.2 Å². The Morgan fingerprint density at radius 3 is 2.53 bits per heavy atom. The number of benzene rings is 1. The number of H-pyrrole nitrogens is 1. The monoisotopic (exact) mass is 311 g/mol. The highest BCUT2D eigenvalue weighted by Crippen LogP contribution is 2.37. The van der Waals surface area contributed by atoms with E-state index in [0.717, 1.165) is 10.2 Å². The molecule has 0 amide bonds. The first kappa shape index (κ1) is 12.5. The smallest absolute Gasteiger partial charge is 0.353 e. The van der Waals surface area contributed by atoms with Crippen LogP contribution < -0.4 is 0 Å². The first-order chi connectivity index (χ1) is 9.06. The summed E-state index contributed by atoms with van der Waals surface area (Å²) in [7, 11) is 0. The minimum atomic E-state index is -1.01. The zero-order valence-corrected chi connectivity index (χ0v) is 11.7. The zero-order chi connectivity index (χ0) is 13.6. The van der Waals surface area contributed by atoms with Crippen LogP contribution in [0, 0.1) is 0 Å². The molecule has 2 aromatic heterocycles. The lowest BCUT2D eigenvalue weighted by molar-refractivity contribution is 0.0692. The molecule has 0 atom stereocenters. The molecule has 2 N–H and O–H groups in total. The maximum absolute atomic E-state index is 11.3. The van der Waals surface area contributed by atoms with Crippen LogP contribution in [0.3, 0.4) is 0 Å². The molecule has 3 aromatic rings. The number of carbonyl (C=O) groups is 1. The third-order valence-electron chi connectivity index (χ3n) is 2.79. The van der Waals surface area contributed by atoms with E-state index in [-0.39, 0.29) is 5.69 Å². The average Bonchev–Trinajstić information content (AvgIpc) is 2.85. The Morgan fingerprint density at radius 1 is 1.21 bits per heavy atom. The third-order valence-corrected chi connectivity index (χ3v) is 4.05. The maximum Gasteiger partial charge on any atom is 0.353 e. The van der Waals surface area contributed by atoms with Gasteiger partial charge in [0.05, 0.1) is 0 Å². The highest BCUT2D eigenvalue weighted by atomic mass is 35.5. The van der Waals surface area contributed by atoms with Crippen molar-refractivity contribution in [3.05, 3.63) is 45.4 Å². The molecule has 0 aliphatic heterocycles. The van der Waals surface area contributed by atoms with Crippen molar-refractivity contribution in [2.75, 3.05) is 0 Å². The van der Waals surface area contributed by atoms with Crippen molar-refractivity contribution in [3.8, 4) is 11.1 Å². The van der Waals surface area contributed by atoms with E-state index in [9.17, 15) is 9.90 Å². The van der Waals surface area contributed by atoms with Gasteiger partial charge in [0.1, 0.15) is 10.5 Å². The number of thiophene rings is 1. The Bertz CT molecular complexity index is 771. The van der Waals surface area contributed by atoms with Crippen LogP contribution in [0.2, 0.25) is 10.0 Å². The number of halogens is 2. The van der Waals surface area contributed by atoms with Crippen molar-refractivity contribution in [2.24, 2.45) is 0 Å². The highest BCUT2D eigenvalue weighted by molar-refractivity contribution is 7.16. The topological polar surface area (TPSA) is 53.1 Å². The summed E-state index contributed by atoms with van der Waals surface area (Å²) in [6.45, 7) is 0. The van der Waals surface area contributed by atoms with Crippen molar-refractivity contribution >= 4 is 50.7 Å². The van der Waals surface area contributed by atoms with E-state index in [2.05, 4.69) is 4.98 Å². The molecule has 0 saturated carbocycles. The van der Waals surface area contributed by atoms with Gasteiger partial charge >= 0.3 is 5.97 Å². The van der Waals surface area contributed by atoms with E-state index < -0.39 is 5.97 Å². The summed E-state index contributed by atoms with van der Waals surface area (Å²) in [5.41, 5.74) is 1.47. The second-order valence-corrected chi connectivity index (χ2v) is 5.79. The maximum atomic E-state index is 11.3. The number of aromatic carboxylic acids is 1. The minimum absolute atomic E-state index is 0.153. The summed E-state index contributed by atoms with van der Waals surface area (Å²) in [5, 5.41) is 13.0. The Morgan fingerprint density at radius 2 is 1.89 bits per heavy atom. The molecular weight excluding hydrogens is 305 g/mol. The summed E-state index contributed by atoms with van der Waals surface area (Å²) in [4.78, 5) is 15.1. The quantitative estimate of drug-likeness (QED) is 0.707. The number of carboxylic acid groups (broad SMARTS) is 1. The number of rotatable bonds is 2. The first-order valence-electron chi connectivity index (χ1n) is 5.35. The van der Waals surface area contributed by atoms with Gasteiger partial charge in [0, 0.05) is 21.0 Å². The number of hydrogen-bond donors (Lipinski definition) is 2. The van der Waals surface area contributed by atoms with Gasteiger partial charge in [-0.3, -0.25) is 0 Å². The second-order valence-electron chi connectivity index (χ2n) is 4.00. The van der Waals surface area contributed by atoms with Crippen LogP contribution in [0.15, 0.2) is 29.6 Å². The van der Waals surface area contributed by atoms with E-state index in [0.29, 0.717) is 21.2 Å². The van der Waals surface area contributed by atoms with Crippen molar-refractivity contribution in [3.63, 3.8) is 0 Å². The fourth-order valence-corrected chi connectivity index (χ4v) is 3.40. The molecule has 0 radical (unpaired) electrons. The number of nitrogens with one attached hydrogen (secondary N) is 1. The van der Waals surface area contributed by atoms with E-state index in [1.807, 2.05) is 11.4 Å². The van der Waals surface area contributed by atoms with Gasteiger partial charge in [-0.1, -0.05) is 23.2 Å². The van der Waals surface area contributed by atoms with E-state index in [1.165, 1.54) is 11.3 Å². The van der Waals surface area contributed by atoms with E-state index >= 15 is 0 Å². The first-order valence-corrected chi connectivity index (χ1v) is 6.99. The lowest BCUT2D eigenvalue weighted by Crippen LogP contribution is -1.98. The highest BCUT2D eigenvalue weighted by Gasteiger charge is 2.19. The van der Waals surface area contributed by atoms with Crippen molar-refractivity contribution in [1.82, 2.24) is 4.98 Å². The average molecular weight is 312 g/mol. The number of fused-ring (bicyclic) bond motifs is 1. The molecule has 0 saturated heterocycles. The summed E-state index contributed by atoms with van der Waals surface area (Å²) in [5.74, 6) is -1.01. The molecule has 0 spiro atoms. The molecule has 0 fully saturated rings. The Hall–Kier alpha value is -1.49. The van der Waals surface area contributed by atoms with Gasteiger partial charge < -0.3 is 10.1 Å². The number of aromatic nitrogens is 1. The lowest BCUT2D eigenvalue weighted by atomic mass is 10.0. The van der Waals surface area contributed by atoms with Crippen LogP contribution >= 0.6 is 34.5 Å². The van der Waals surface area contributed by atoms with Crippen LogP contribution in [0.25, 0.3) is 21.3 Å². The molecule has 96 valence electrons. The predicted molar refractivity (Wildman–Crippen MR) is 78.6 cm³/mol. The van der Waals surface area contributed by atoms with Crippen LogP contribution in [-0.4, -0.2) is 16.1 Å². The van der Waals surface area contributed by atoms with Gasteiger partial charge in [0.25, 0.3) is 0 Å². The van der Waals surface area contributed by atoms with E-state index in [1.54, 1.807) is 18.2 Å². The molecule has 3 nitrogen and oxygen atoms in total. The molecule has 19 heavy (non-hydrogen) atoms. The van der Waals surface area contributed by atoms with Gasteiger partial charge in [-0.25, -0.2) is 4.79 Å². The van der Waals surface area contributed by atoms with Crippen molar-refractivity contribution in [2.45, 2.75) is 0 Å². The number of carboxylic acids is 1. The molecule has 0 aliphatic carbocycles. The largest absolute Gasteiger partial charge is 0.477 e. The van der Waals surface area contributed by atoms with Crippen LogP contribution in [0.4, 0.5) is 0 Å². The zero-order valence-electron chi connectivity index (χ0n) is 9.41. The standard InChI is InChI=1S/C13H7Cl2NO2S/c14-7-3-6(4-8(15)5-7)10-9-1-2-19-12(9)16-11(10)13(17)18/h1-5,16H,(H,17,18). The van der Waals surface area contributed by atoms with Gasteiger partial charge in [-0.05, 0) is 35.2 Å². The van der Waals surface area contributed by atoms with Crippen LogP contribution in [0.1, 0.15) is 10.5 Å². The fraction of sp³-hybridized carbons (Fsp3) is 0. The second kappa shape index (κ2) is 4.56. The summed E-state index contributed by atoms with van der Waals surface area (Å²) < 4.78 is 0. The number of aromatic amines is 1. The molecule has 1 aromatic carbocycles. The predicted octanol–water partition coefficient (Wildman–Crippen LogP) is 4.90. The van der Waals surface area contributed by atoms with Gasteiger partial charge in [0.2, 0.25) is 0 Å². The third kappa shape index (κ3) is 2.12. The van der Waals surface area contributed by atoms with Gasteiger partial charge in [-0.15, -0.1) is 11.3 Å². The fourth-order valence-electron chi connectivity index (χ4n) is 2.07. The minimum Gasteiger partial charge on any atom is -0.477 e. The molecule has 0 unspecified atom stereocenters. The SMILES string of the molecule is O=C(O)c1[nH]c2sccc2c1-c1cc(Cl)cc(Cl)c1. The van der Waals surface area contributed by atoms with Gasteiger partial charge in [-0.2, -0.15) is 0 Å². The molecule has 6 heteroatoms. The Balaban J connectivity index is 2.36. The number of hydrogen-bond acceptors (Lipinski definition) is 2. The summed E-state index contributed by atoms with van der Waals surface area (Å²) >= 11 is 13.4. The van der Waals surface area contributed by atoms with Crippen molar-refractivity contribution < 1.29 is 9.90 Å². The summed E-state index contributed by atoms with van der Waals surface area (Å²) in [6, 6.07) is 6.91. The van der Waals surface area contributed by atoms with Crippen LogP contribution in [0.5, 0.6) is 0 Å². The molecule has 2 heterocycles. The normalized spacial score (nSPS) is 11.1. The Kier molecular flexibility index (Phi) is 3.01. The lowest BCUT2D eigenvalue weighted by Gasteiger charge is -2.03. The molecular formula is C13H7Cl2NO2S.